The zero-order valence-corrected chi connectivity index (χ0v) is 9.63. The molecule has 1 heterocycles. The van der Waals surface area contributed by atoms with Crippen molar-refractivity contribution in [1.82, 2.24) is 4.90 Å². The molecule has 0 saturated carbocycles. The summed E-state index contributed by atoms with van der Waals surface area (Å²) in [6, 6.07) is 0. The second kappa shape index (κ2) is 3.43. The van der Waals surface area contributed by atoms with Gasteiger partial charge in [-0.3, -0.25) is 0 Å². The Morgan fingerprint density at radius 2 is 2.27 bits per heavy atom. The molecule has 0 fully saturated rings. The first-order chi connectivity index (χ1) is 5.09. The molecule has 2 unspecified atom stereocenters. The Labute approximate surface area is 86.2 Å². The van der Waals surface area contributed by atoms with E-state index in [1.807, 2.05) is 18.9 Å². The van der Waals surface area contributed by atoms with E-state index in [1.165, 1.54) is 0 Å². The van der Waals surface area contributed by atoms with Gasteiger partial charge in [0.1, 0.15) is 0 Å². The minimum Gasteiger partial charge on any atom is -0.495 e. The van der Waals surface area contributed by atoms with E-state index in [0.29, 0.717) is 11.8 Å². The smallest absolute Gasteiger partial charge is 0.186 e. The number of hydrogen-bond donors (Lipinski definition) is 2. The predicted octanol–water partition coefficient (Wildman–Crippen LogP) is 2.03. The molecule has 1 N–H and O–H groups in total. The molecule has 0 aromatic rings. The fourth-order valence-electron chi connectivity index (χ4n) is 1.26. The van der Waals surface area contributed by atoms with Crippen LogP contribution >= 0.6 is 35.2 Å². The Hall–Kier alpha value is 0.420. The third-order valence-corrected chi connectivity index (χ3v) is 3.82. The third-order valence-electron chi connectivity index (χ3n) is 2.17. The first-order valence-electron chi connectivity index (χ1n) is 3.46. The van der Waals surface area contributed by atoms with Gasteiger partial charge in [0, 0.05) is 17.4 Å². The van der Waals surface area contributed by atoms with Crippen molar-refractivity contribution in [2.24, 2.45) is 5.92 Å². The number of rotatable bonds is 1. The lowest BCUT2D eigenvalue weighted by Crippen LogP contribution is -2.26. The summed E-state index contributed by atoms with van der Waals surface area (Å²) in [5.41, 5.74) is 1.06. The molecule has 0 aromatic heterocycles. The lowest BCUT2D eigenvalue weighted by atomic mass is 10.1. The highest BCUT2D eigenvalue weighted by atomic mass is 127. The Bertz CT molecular complexity index is 195. The minimum absolute atomic E-state index is 0.145. The molecule has 1 rings (SSSR count). The van der Waals surface area contributed by atoms with E-state index < -0.39 is 0 Å². The van der Waals surface area contributed by atoms with Gasteiger partial charge in [0.25, 0.3) is 0 Å². The number of aliphatic hydroxyl groups excluding tert-OH is 1. The van der Waals surface area contributed by atoms with E-state index in [2.05, 4.69) is 35.2 Å². The molecule has 64 valence electrons. The van der Waals surface area contributed by atoms with Gasteiger partial charge in [-0.2, -0.15) is 12.6 Å². The molecule has 2 atom stereocenters. The standard InChI is InChI=1S/C7H12INOS/c1-4-5(3-8)7(11)9(2)6(4)10/h5,7,10-11H,3H2,1-2H3. The van der Waals surface area contributed by atoms with Gasteiger partial charge in [0.2, 0.25) is 0 Å². The zero-order valence-electron chi connectivity index (χ0n) is 6.58. The molecular formula is C7H12INOS. The van der Waals surface area contributed by atoms with Crippen LogP contribution in [-0.2, 0) is 0 Å². The molecular weight excluding hydrogens is 273 g/mol. The molecule has 1 aliphatic rings. The van der Waals surface area contributed by atoms with Crippen molar-refractivity contribution in [2.75, 3.05) is 11.5 Å². The van der Waals surface area contributed by atoms with Crippen LogP contribution in [0.25, 0.3) is 0 Å². The SMILES string of the molecule is CC1=C(O)N(C)C(S)C1CI. The number of alkyl halides is 1. The van der Waals surface area contributed by atoms with Gasteiger partial charge < -0.3 is 10.0 Å². The van der Waals surface area contributed by atoms with E-state index in [4.69, 9.17) is 0 Å². The molecule has 0 aliphatic carbocycles. The molecule has 0 amide bonds. The van der Waals surface area contributed by atoms with Gasteiger partial charge in [0.15, 0.2) is 5.88 Å². The van der Waals surface area contributed by atoms with Crippen molar-refractivity contribution in [3.8, 4) is 0 Å². The molecule has 4 heteroatoms. The molecule has 2 nitrogen and oxygen atoms in total. The van der Waals surface area contributed by atoms with Gasteiger partial charge in [-0.15, -0.1) is 0 Å². The van der Waals surface area contributed by atoms with Crippen LogP contribution in [0.5, 0.6) is 0 Å². The second-order valence-corrected chi connectivity index (χ2v) is 4.20. The van der Waals surface area contributed by atoms with Crippen molar-refractivity contribution < 1.29 is 5.11 Å². The van der Waals surface area contributed by atoms with Gasteiger partial charge in [0.05, 0.1) is 5.37 Å². The van der Waals surface area contributed by atoms with Crippen LogP contribution < -0.4 is 0 Å². The zero-order chi connectivity index (χ0) is 8.59. The number of halogens is 1. The van der Waals surface area contributed by atoms with E-state index >= 15 is 0 Å². The summed E-state index contributed by atoms with van der Waals surface area (Å²) in [6.45, 7) is 1.96. The maximum Gasteiger partial charge on any atom is 0.186 e. The summed E-state index contributed by atoms with van der Waals surface area (Å²) in [4.78, 5) is 1.81. The number of thiol groups is 1. The van der Waals surface area contributed by atoms with Gasteiger partial charge in [-0.25, -0.2) is 0 Å². The van der Waals surface area contributed by atoms with Crippen molar-refractivity contribution in [3.63, 3.8) is 0 Å². The van der Waals surface area contributed by atoms with Crippen LogP contribution in [-0.4, -0.2) is 26.9 Å². The third kappa shape index (κ3) is 1.47. The highest BCUT2D eigenvalue weighted by Crippen LogP contribution is 2.34. The van der Waals surface area contributed by atoms with Gasteiger partial charge in [-0.05, 0) is 12.5 Å². The molecule has 1 aliphatic heterocycles. The average molecular weight is 285 g/mol. The summed E-state index contributed by atoms with van der Waals surface area (Å²) in [5, 5.41) is 9.64. The minimum atomic E-state index is 0.145. The summed E-state index contributed by atoms with van der Waals surface area (Å²) in [7, 11) is 1.86. The van der Waals surface area contributed by atoms with E-state index in [9.17, 15) is 5.11 Å². The maximum absolute atomic E-state index is 9.49. The molecule has 0 bridgehead atoms. The molecule has 11 heavy (non-hydrogen) atoms. The molecule has 0 aromatic carbocycles. The monoisotopic (exact) mass is 285 g/mol. The lowest BCUT2D eigenvalue weighted by molar-refractivity contribution is 0.238. The highest BCUT2D eigenvalue weighted by Gasteiger charge is 2.33. The van der Waals surface area contributed by atoms with Gasteiger partial charge in [-0.1, -0.05) is 22.6 Å². The molecule has 0 spiro atoms. The Morgan fingerprint density at radius 3 is 2.45 bits per heavy atom. The van der Waals surface area contributed by atoms with Crippen LogP contribution in [0.4, 0.5) is 0 Å². The first kappa shape index (κ1) is 9.51. The van der Waals surface area contributed by atoms with E-state index in [-0.39, 0.29) is 5.37 Å². The Morgan fingerprint density at radius 1 is 1.73 bits per heavy atom. The Kier molecular flexibility index (Phi) is 2.96. The molecule has 0 saturated heterocycles. The molecule has 0 radical (unpaired) electrons. The van der Waals surface area contributed by atoms with Crippen molar-refractivity contribution in [3.05, 3.63) is 11.5 Å². The van der Waals surface area contributed by atoms with Gasteiger partial charge >= 0.3 is 0 Å². The predicted molar refractivity (Wildman–Crippen MR) is 58.2 cm³/mol. The highest BCUT2D eigenvalue weighted by molar-refractivity contribution is 14.1. The summed E-state index contributed by atoms with van der Waals surface area (Å²) in [5.74, 6) is 0.788. The van der Waals surface area contributed by atoms with E-state index in [0.717, 1.165) is 10.0 Å². The van der Waals surface area contributed by atoms with Crippen LogP contribution in [0.1, 0.15) is 6.92 Å². The second-order valence-electron chi connectivity index (χ2n) is 2.79. The number of hydrogen-bond acceptors (Lipinski definition) is 3. The lowest BCUT2D eigenvalue weighted by Gasteiger charge is -2.20. The normalized spacial score (nSPS) is 31.8. The van der Waals surface area contributed by atoms with Crippen LogP contribution in [0.15, 0.2) is 11.5 Å². The topological polar surface area (TPSA) is 23.5 Å². The van der Waals surface area contributed by atoms with Crippen LogP contribution in [0.2, 0.25) is 0 Å². The summed E-state index contributed by atoms with van der Waals surface area (Å²) >= 11 is 6.72. The fourth-order valence-corrected chi connectivity index (χ4v) is 3.24. The van der Waals surface area contributed by atoms with Crippen LogP contribution in [0.3, 0.4) is 0 Å². The average Bonchev–Trinajstić information content (AvgIpc) is 2.17. The summed E-state index contributed by atoms with van der Waals surface area (Å²) < 4.78 is 1.01. The fraction of sp³-hybridized carbons (Fsp3) is 0.714. The van der Waals surface area contributed by atoms with Crippen molar-refractivity contribution in [2.45, 2.75) is 12.3 Å². The maximum atomic E-state index is 9.49. The number of nitrogens with zero attached hydrogens (tertiary/aromatic N) is 1. The number of aliphatic hydroxyl groups is 1. The van der Waals surface area contributed by atoms with Crippen molar-refractivity contribution >= 4 is 35.2 Å². The van der Waals surface area contributed by atoms with Crippen LogP contribution in [0, 0.1) is 5.92 Å². The summed E-state index contributed by atoms with van der Waals surface area (Å²) in [6.07, 6.45) is 0. The van der Waals surface area contributed by atoms with Crippen molar-refractivity contribution in [1.29, 1.82) is 0 Å². The first-order valence-corrected chi connectivity index (χ1v) is 5.50. The quantitative estimate of drug-likeness (QED) is 0.437. The Balaban J connectivity index is 2.86. The van der Waals surface area contributed by atoms with E-state index in [1.54, 1.807) is 0 Å². The largest absolute Gasteiger partial charge is 0.495 e.